The van der Waals surface area contributed by atoms with Crippen LogP contribution in [-0.4, -0.2) is 54.0 Å². The molecule has 4 rings (SSSR count). The van der Waals surface area contributed by atoms with Crippen molar-refractivity contribution in [2.24, 2.45) is 0 Å². The molecule has 0 aliphatic carbocycles. The van der Waals surface area contributed by atoms with Gasteiger partial charge < -0.3 is 4.90 Å². The number of aromatic nitrogens is 2. The van der Waals surface area contributed by atoms with Gasteiger partial charge in [0.2, 0.25) is 11.9 Å². The molecule has 0 radical (unpaired) electrons. The Morgan fingerprint density at radius 2 is 1.83 bits per heavy atom. The van der Waals surface area contributed by atoms with Gasteiger partial charge in [0.1, 0.15) is 5.82 Å². The van der Waals surface area contributed by atoms with Crippen LogP contribution in [-0.2, 0) is 17.8 Å². The van der Waals surface area contributed by atoms with Crippen LogP contribution < -0.4 is 9.80 Å². The molecule has 0 bridgehead atoms. The lowest BCUT2D eigenvalue weighted by Crippen LogP contribution is -2.46. The van der Waals surface area contributed by atoms with Crippen LogP contribution in [0.2, 0.25) is 0 Å². The summed E-state index contributed by atoms with van der Waals surface area (Å²) < 4.78 is 0. The van der Waals surface area contributed by atoms with E-state index in [1.807, 2.05) is 6.07 Å². The van der Waals surface area contributed by atoms with E-state index < -0.39 is 0 Å². The third kappa shape index (κ3) is 2.85. The molecule has 24 heavy (non-hydrogen) atoms. The van der Waals surface area contributed by atoms with Gasteiger partial charge in [-0.1, -0.05) is 30.3 Å². The van der Waals surface area contributed by atoms with Crippen molar-refractivity contribution in [3.63, 3.8) is 0 Å². The van der Waals surface area contributed by atoms with Gasteiger partial charge in [-0.2, -0.15) is 4.98 Å². The average Bonchev–Trinajstić information content (AvgIpc) is 2.90. The number of carbonyl (C=O) groups excluding carboxylic acids is 1. The van der Waals surface area contributed by atoms with Gasteiger partial charge in [-0.15, -0.1) is 0 Å². The van der Waals surface area contributed by atoms with Crippen LogP contribution in [0.15, 0.2) is 36.5 Å². The molecule has 1 aromatic heterocycles. The fourth-order valence-corrected chi connectivity index (χ4v) is 3.30. The zero-order valence-electron chi connectivity index (χ0n) is 13.9. The standard InChI is InChI=1S/C18H21N5O/c1-21-16(24)11-15-12-19-18(20-17(15)21)23-9-7-22(8-10-23)13-14-5-3-2-4-6-14/h2-6,12H,7-11,13H2,1H3. The summed E-state index contributed by atoms with van der Waals surface area (Å²) in [5.41, 5.74) is 2.27. The van der Waals surface area contributed by atoms with Crippen LogP contribution in [0.3, 0.4) is 0 Å². The maximum absolute atomic E-state index is 11.8. The minimum Gasteiger partial charge on any atom is -0.338 e. The molecule has 0 spiro atoms. The number of likely N-dealkylation sites (N-methyl/N-ethyl adjacent to an activating group) is 1. The molecule has 124 valence electrons. The van der Waals surface area contributed by atoms with Crippen molar-refractivity contribution in [1.82, 2.24) is 14.9 Å². The normalized spacial score (nSPS) is 18.1. The monoisotopic (exact) mass is 323 g/mol. The Bertz CT molecular complexity index is 740. The fraction of sp³-hybridized carbons (Fsp3) is 0.389. The first-order valence-electron chi connectivity index (χ1n) is 8.34. The molecular weight excluding hydrogens is 302 g/mol. The van der Waals surface area contributed by atoms with Crippen molar-refractivity contribution in [1.29, 1.82) is 0 Å². The van der Waals surface area contributed by atoms with Gasteiger partial charge in [0.05, 0.1) is 6.42 Å². The number of anilines is 2. The number of hydrogen-bond donors (Lipinski definition) is 0. The van der Waals surface area contributed by atoms with Crippen molar-refractivity contribution < 1.29 is 4.79 Å². The molecule has 0 N–H and O–H groups in total. The molecule has 1 amide bonds. The SMILES string of the molecule is CN1C(=O)Cc2cnc(N3CCN(Cc4ccccc4)CC3)nc21. The lowest BCUT2D eigenvalue weighted by atomic mass is 10.2. The average molecular weight is 323 g/mol. The van der Waals surface area contributed by atoms with E-state index in [0.717, 1.165) is 50.1 Å². The first-order chi connectivity index (χ1) is 11.7. The zero-order valence-corrected chi connectivity index (χ0v) is 13.9. The lowest BCUT2D eigenvalue weighted by molar-refractivity contribution is -0.117. The van der Waals surface area contributed by atoms with Crippen molar-refractivity contribution in [2.75, 3.05) is 43.0 Å². The molecule has 0 atom stereocenters. The highest BCUT2D eigenvalue weighted by Gasteiger charge is 2.28. The first kappa shape index (κ1) is 15.1. The summed E-state index contributed by atoms with van der Waals surface area (Å²) in [6.07, 6.45) is 2.21. The van der Waals surface area contributed by atoms with Crippen molar-refractivity contribution in [3.05, 3.63) is 47.7 Å². The molecule has 1 fully saturated rings. The van der Waals surface area contributed by atoms with Crippen LogP contribution in [0.1, 0.15) is 11.1 Å². The number of piperazine rings is 1. The van der Waals surface area contributed by atoms with E-state index in [0.29, 0.717) is 6.42 Å². The second-order valence-corrected chi connectivity index (χ2v) is 6.40. The number of hydrogen-bond acceptors (Lipinski definition) is 5. The summed E-state index contributed by atoms with van der Waals surface area (Å²) in [5.74, 6) is 1.58. The number of nitrogens with zero attached hydrogens (tertiary/aromatic N) is 5. The molecule has 2 aromatic rings. The summed E-state index contributed by atoms with van der Waals surface area (Å²) in [6.45, 7) is 4.78. The summed E-state index contributed by atoms with van der Waals surface area (Å²) in [6, 6.07) is 10.6. The molecule has 0 unspecified atom stereocenters. The van der Waals surface area contributed by atoms with Gasteiger partial charge in [0.15, 0.2) is 0 Å². The quantitative estimate of drug-likeness (QED) is 0.853. The lowest BCUT2D eigenvalue weighted by Gasteiger charge is -2.34. The fourth-order valence-electron chi connectivity index (χ4n) is 3.30. The summed E-state index contributed by atoms with van der Waals surface area (Å²) >= 11 is 0. The summed E-state index contributed by atoms with van der Waals surface area (Å²) in [7, 11) is 1.78. The van der Waals surface area contributed by atoms with Crippen LogP contribution in [0.4, 0.5) is 11.8 Å². The smallest absolute Gasteiger partial charge is 0.232 e. The van der Waals surface area contributed by atoms with Gasteiger partial charge in [-0.25, -0.2) is 4.98 Å². The third-order valence-corrected chi connectivity index (χ3v) is 4.77. The minimum atomic E-state index is 0.0872. The Labute approximate surface area is 141 Å². The molecule has 2 aliphatic heterocycles. The topological polar surface area (TPSA) is 52.6 Å². The van der Waals surface area contributed by atoms with E-state index in [9.17, 15) is 4.79 Å². The Morgan fingerprint density at radius 1 is 1.08 bits per heavy atom. The van der Waals surface area contributed by atoms with Gasteiger partial charge in [-0.05, 0) is 5.56 Å². The van der Waals surface area contributed by atoms with E-state index in [1.165, 1.54) is 5.56 Å². The van der Waals surface area contributed by atoms with E-state index in [4.69, 9.17) is 0 Å². The largest absolute Gasteiger partial charge is 0.338 e. The van der Waals surface area contributed by atoms with E-state index in [1.54, 1.807) is 18.1 Å². The van der Waals surface area contributed by atoms with Crippen LogP contribution in [0.25, 0.3) is 0 Å². The molecule has 0 saturated carbocycles. The third-order valence-electron chi connectivity index (χ3n) is 4.77. The van der Waals surface area contributed by atoms with Crippen LogP contribution in [0, 0.1) is 0 Å². The minimum absolute atomic E-state index is 0.0872. The van der Waals surface area contributed by atoms with Crippen molar-refractivity contribution in [2.45, 2.75) is 13.0 Å². The van der Waals surface area contributed by atoms with Gasteiger partial charge in [-0.3, -0.25) is 14.6 Å². The molecule has 2 aliphatic rings. The van der Waals surface area contributed by atoms with Crippen molar-refractivity contribution in [3.8, 4) is 0 Å². The maximum Gasteiger partial charge on any atom is 0.232 e. The molecule has 6 nitrogen and oxygen atoms in total. The number of fused-ring (bicyclic) bond motifs is 1. The Hall–Kier alpha value is -2.47. The molecule has 1 saturated heterocycles. The van der Waals surface area contributed by atoms with E-state index >= 15 is 0 Å². The number of rotatable bonds is 3. The van der Waals surface area contributed by atoms with Crippen LogP contribution in [0.5, 0.6) is 0 Å². The van der Waals surface area contributed by atoms with Gasteiger partial charge >= 0.3 is 0 Å². The van der Waals surface area contributed by atoms with Gasteiger partial charge in [0, 0.05) is 51.5 Å². The maximum atomic E-state index is 11.8. The Balaban J connectivity index is 1.41. The zero-order chi connectivity index (χ0) is 16.5. The predicted octanol–water partition coefficient (Wildman–Crippen LogP) is 1.32. The van der Waals surface area contributed by atoms with E-state index in [2.05, 4.69) is 44.0 Å². The highest BCUT2D eigenvalue weighted by molar-refractivity contribution is 5.99. The predicted molar refractivity (Wildman–Crippen MR) is 93.1 cm³/mol. The summed E-state index contributed by atoms with van der Waals surface area (Å²) in [4.78, 5) is 27.2. The second-order valence-electron chi connectivity index (χ2n) is 6.40. The number of amides is 1. The van der Waals surface area contributed by atoms with Gasteiger partial charge in [0.25, 0.3) is 0 Å². The van der Waals surface area contributed by atoms with Crippen LogP contribution >= 0.6 is 0 Å². The molecule has 6 heteroatoms. The van der Waals surface area contributed by atoms with Crippen molar-refractivity contribution >= 4 is 17.7 Å². The number of carbonyl (C=O) groups is 1. The molecular formula is C18H21N5O. The first-order valence-corrected chi connectivity index (χ1v) is 8.34. The molecule has 3 heterocycles. The number of benzene rings is 1. The Kier molecular flexibility index (Phi) is 3.90. The summed E-state index contributed by atoms with van der Waals surface area (Å²) in [5, 5.41) is 0. The van der Waals surface area contributed by atoms with E-state index in [-0.39, 0.29) is 5.91 Å². The highest BCUT2D eigenvalue weighted by atomic mass is 16.2. The Morgan fingerprint density at radius 3 is 2.58 bits per heavy atom. The highest BCUT2D eigenvalue weighted by Crippen LogP contribution is 2.26. The second kappa shape index (κ2) is 6.20. The molecule has 1 aromatic carbocycles.